The van der Waals surface area contributed by atoms with Crippen molar-refractivity contribution in [2.45, 2.75) is 38.6 Å². The standard InChI is InChI=1S/C22H26ClFN4O5/c1-13(16-8-10-25-21(16)31)11-20(30)33-27-22(32)18-3-2-9-26-28(18)19(29)7-5-14-4-6-15(23)12-17(14)24/h4-7,12-13,16,18,26H,2-3,8-11H2,1H3,(H,25,31)(H,27,32)/b7-5+/t13?,16-,18-/m0/s1. The first-order valence-corrected chi connectivity index (χ1v) is 11.1. The zero-order chi connectivity index (χ0) is 24.0. The Kier molecular flexibility index (Phi) is 8.40. The number of carbonyl (C=O) groups is 4. The van der Waals surface area contributed by atoms with Crippen molar-refractivity contribution in [2.24, 2.45) is 11.8 Å². The normalized spacial score (nSPS) is 21.5. The largest absolute Gasteiger partial charge is 0.356 e. The summed E-state index contributed by atoms with van der Waals surface area (Å²) in [7, 11) is 0. The van der Waals surface area contributed by atoms with Crippen molar-refractivity contribution >= 4 is 41.4 Å². The molecule has 2 fully saturated rings. The van der Waals surface area contributed by atoms with Gasteiger partial charge in [-0.2, -0.15) is 5.48 Å². The molecule has 33 heavy (non-hydrogen) atoms. The van der Waals surface area contributed by atoms with Gasteiger partial charge in [0, 0.05) is 35.7 Å². The van der Waals surface area contributed by atoms with Crippen molar-refractivity contribution in [3.8, 4) is 0 Å². The number of halogens is 2. The number of hydrazine groups is 1. The minimum Gasteiger partial charge on any atom is -0.356 e. The lowest BCUT2D eigenvalue weighted by Crippen LogP contribution is -2.58. The molecule has 0 radical (unpaired) electrons. The van der Waals surface area contributed by atoms with Gasteiger partial charge in [-0.15, -0.1) is 0 Å². The highest BCUT2D eigenvalue weighted by Gasteiger charge is 2.33. The molecule has 2 heterocycles. The average Bonchev–Trinajstić information content (AvgIpc) is 3.22. The van der Waals surface area contributed by atoms with Crippen LogP contribution in [-0.4, -0.2) is 47.8 Å². The summed E-state index contributed by atoms with van der Waals surface area (Å²) in [5.74, 6) is -3.06. The molecule has 2 saturated heterocycles. The predicted molar refractivity (Wildman–Crippen MR) is 117 cm³/mol. The van der Waals surface area contributed by atoms with Crippen LogP contribution in [0.4, 0.5) is 4.39 Å². The number of hydroxylamine groups is 1. The molecule has 0 saturated carbocycles. The maximum Gasteiger partial charge on any atom is 0.332 e. The highest BCUT2D eigenvalue weighted by atomic mass is 35.5. The summed E-state index contributed by atoms with van der Waals surface area (Å²) < 4.78 is 13.9. The maximum atomic E-state index is 13.9. The van der Waals surface area contributed by atoms with E-state index in [-0.39, 0.29) is 34.7 Å². The van der Waals surface area contributed by atoms with Gasteiger partial charge in [-0.1, -0.05) is 24.6 Å². The molecular weight excluding hydrogens is 455 g/mol. The molecule has 178 valence electrons. The fourth-order valence-corrected chi connectivity index (χ4v) is 4.03. The van der Waals surface area contributed by atoms with Gasteiger partial charge in [0.05, 0.1) is 6.42 Å². The van der Waals surface area contributed by atoms with Crippen molar-refractivity contribution in [3.63, 3.8) is 0 Å². The molecule has 3 atom stereocenters. The van der Waals surface area contributed by atoms with Crippen LogP contribution in [0.15, 0.2) is 24.3 Å². The molecule has 3 rings (SSSR count). The summed E-state index contributed by atoms with van der Waals surface area (Å²) in [5, 5.41) is 4.09. The molecule has 1 aromatic carbocycles. The zero-order valence-corrected chi connectivity index (χ0v) is 18.9. The molecule has 2 aliphatic rings. The number of amides is 3. The molecule has 0 spiro atoms. The molecule has 0 aromatic heterocycles. The van der Waals surface area contributed by atoms with Gasteiger partial charge in [0.1, 0.15) is 11.9 Å². The van der Waals surface area contributed by atoms with Crippen molar-refractivity contribution in [2.75, 3.05) is 13.1 Å². The molecule has 3 N–H and O–H groups in total. The van der Waals surface area contributed by atoms with Gasteiger partial charge in [-0.25, -0.2) is 14.6 Å². The van der Waals surface area contributed by atoms with E-state index in [1.54, 1.807) is 6.92 Å². The molecule has 0 aliphatic carbocycles. The summed E-state index contributed by atoms with van der Waals surface area (Å²) in [4.78, 5) is 54.0. The summed E-state index contributed by atoms with van der Waals surface area (Å²) >= 11 is 5.73. The molecular formula is C22H26ClFN4O5. The third kappa shape index (κ3) is 6.52. The van der Waals surface area contributed by atoms with Gasteiger partial charge in [-0.05, 0) is 43.4 Å². The van der Waals surface area contributed by atoms with Gasteiger partial charge in [-0.3, -0.25) is 19.4 Å². The Morgan fingerprint density at radius 1 is 1.33 bits per heavy atom. The number of nitrogens with zero attached hydrogens (tertiary/aromatic N) is 1. The van der Waals surface area contributed by atoms with Crippen LogP contribution in [0.5, 0.6) is 0 Å². The Bertz CT molecular complexity index is 957. The van der Waals surface area contributed by atoms with Crippen LogP contribution in [-0.2, 0) is 24.0 Å². The number of carbonyl (C=O) groups excluding carboxylic acids is 4. The van der Waals surface area contributed by atoms with Crippen molar-refractivity contribution in [1.29, 1.82) is 0 Å². The van der Waals surface area contributed by atoms with Crippen LogP contribution in [0.1, 0.15) is 38.2 Å². The molecule has 1 aromatic rings. The van der Waals surface area contributed by atoms with E-state index >= 15 is 0 Å². The van der Waals surface area contributed by atoms with Crippen LogP contribution in [0.25, 0.3) is 6.08 Å². The number of benzene rings is 1. The predicted octanol–water partition coefficient (Wildman–Crippen LogP) is 1.72. The van der Waals surface area contributed by atoms with Crippen LogP contribution >= 0.6 is 11.6 Å². The smallest absolute Gasteiger partial charge is 0.332 e. The Balaban J connectivity index is 1.54. The minimum atomic E-state index is -0.920. The summed E-state index contributed by atoms with van der Waals surface area (Å²) in [6.07, 6.45) is 4.03. The van der Waals surface area contributed by atoms with E-state index < -0.39 is 29.6 Å². The highest BCUT2D eigenvalue weighted by molar-refractivity contribution is 6.30. The fraction of sp³-hybridized carbons (Fsp3) is 0.455. The first kappa shape index (κ1) is 24.7. The van der Waals surface area contributed by atoms with Crippen LogP contribution < -0.4 is 16.2 Å². The quantitative estimate of drug-likeness (QED) is 0.421. The van der Waals surface area contributed by atoms with Crippen LogP contribution in [0.3, 0.4) is 0 Å². The minimum absolute atomic E-state index is 0.0285. The molecule has 2 aliphatic heterocycles. The summed E-state index contributed by atoms with van der Waals surface area (Å²) in [6, 6.07) is 3.15. The third-order valence-electron chi connectivity index (χ3n) is 5.69. The van der Waals surface area contributed by atoms with Crippen LogP contribution in [0.2, 0.25) is 5.02 Å². The SMILES string of the molecule is CC(CC(=O)ONC(=O)[C@@H]1CCCNN1C(=O)/C=C/c1ccc(Cl)cc1F)[C@@H]1CCNC1=O. The second-order valence-corrected chi connectivity index (χ2v) is 8.52. The maximum absolute atomic E-state index is 13.9. The van der Waals surface area contributed by atoms with E-state index in [1.807, 2.05) is 0 Å². The molecule has 11 heteroatoms. The monoisotopic (exact) mass is 480 g/mol. The second-order valence-electron chi connectivity index (χ2n) is 8.08. The molecule has 3 amide bonds. The lowest BCUT2D eigenvalue weighted by Gasteiger charge is -2.34. The second kappa shape index (κ2) is 11.2. The van der Waals surface area contributed by atoms with Crippen molar-refractivity contribution in [3.05, 3.63) is 40.7 Å². The van der Waals surface area contributed by atoms with Crippen molar-refractivity contribution in [1.82, 2.24) is 21.2 Å². The first-order valence-electron chi connectivity index (χ1n) is 10.7. The third-order valence-corrected chi connectivity index (χ3v) is 5.92. The lowest BCUT2D eigenvalue weighted by molar-refractivity contribution is -0.163. The van der Waals surface area contributed by atoms with Gasteiger partial charge in [0.25, 0.3) is 11.8 Å². The Hall–Kier alpha value is -2.98. The van der Waals surface area contributed by atoms with Gasteiger partial charge in [0.2, 0.25) is 5.91 Å². The molecule has 9 nitrogen and oxygen atoms in total. The van der Waals surface area contributed by atoms with E-state index in [0.717, 1.165) is 17.2 Å². The number of nitrogens with one attached hydrogen (secondary N) is 3. The first-order chi connectivity index (χ1) is 15.8. The van der Waals surface area contributed by atoms with E-state index in [1.165, 1.54) is 18.2 Å². The number of hydrogen-bond acceptors (Lipinski definition) is 6. The van der Waals surface area contributed by atoms with E-state index in [9.17, 15) is 23.6 Å². The summed E-state index contributed by atoms with van der Waals surface area (Å²) in [5.41, 5.74) is 5.13. The average molecular weight is 481 g/mol. The van der Waals surface area contributed by atoms with E-state index in [0.29, 0.717) is 32.4 Å². The fourth-order valence-electron chi connectivity index (χ4n) is 3.87. The van der Waals surface area contributed by atoms with Gasteiger partial charge < -0.3 is 10.2 Å². The van der Waals surface area contributed by atoms with Gasteiger partial charge >= 0.3 is 5.97 Å². The Morgan fingerprint density at radius 3 is 2.82 bits per heavy atom. The number of hydrogen-bond donors (Lipinski definition) is 3. The topological polar surface area (TPSA) is 117 Å². The van der Waals surface area contributed by atoms with Crippen molar-refractivity contribution < 1.29 is 28.4 Å². The molecule has 1 unspecified atom stereocenters. The Morgan fingerprint density at radius 2 is 2.12 bits per heavy atom. The van der Waals surface area contributed by atoms with E-state index in [4.69, 9.17) is 16.4 Å². The highest BCUT2D eigenvalue weighted by Crippen LogP contribution is 2.23. The number of rotatable bonds is 6. The van der Waals surface area contributed by atoms with Gasteiger partial charge in [0.15, 0.2) is 0 Å². The van der Waals surface area contributed by atoms with Crippen LogP contribution in [0, 0.1) is 17.7 Å². The lowest BCUT2D eigenvalue weighted by atomic mass is 9.90. The summed E-state index contributed by atoms with van der Waals surface area (Å²) in [6.45, 7) is 2.83. The van der Waals surface area contributed by atoms with E-state index in [2.05, 4.69) is 16.2 Å². The Labute approximate surface area is 195 Å². The zero-order valence-electron chi connectivity index (χ0n) is 18.1. The molecule has 0 bridgehead atoms.